The van der Waals surface area contributed by atoms with Crippen molar-refractivity contribution in [2.24, 2.45) is 0 Å². The predicted molar refractivity (Wildman–Crippen MR) is 88.1 cm³/mol. The highest BCUT2D eigenvalue weighted by Gasteiger charge is 2.18. The number of benzene rings is 1. The van der Waals surface area contributed by atoms with E-state index in [1.165, 1.54) is 24.4 Å². The van der Waals surface area contributed by atoms with Gasteiger partial charge in [-0.15, -0.1) is 0 Å². The second kappa shape index (κ2) is 7.92. The molecule has 0 radical (unpaired) electrons. The highest BCUT2D eigenvalue weighted by atomic mass is 19.3. The van der Waals surface area contributed by atoms with Crippen LogP contribution in [-0.4, -0.2) is 23.6 Å². The summed E-state index contributed by atoms with van der Waals surface area (Å²) in [5.41, 5.74) is 0.737. The van der Waals surface area contributed by atoms with Gasteiger partial charge in [0, 0.05) is 29.6 Å². The van der Waals surface area contributed by atoms with Gasteiger partial charge in [0.25, 0.3) is 5.91 Å². The van der Waals surface area contributed by atoms with Gasteiger partial charge in [-0.25, -0.2) is 4.98 Å². The molecule has 1 amide bonds. The largest absolute Gasteiger partial charge is 0.474 e. The summed E-state index contributed by atoms with van der Waals surface area (Å²) in [4.78, 5) is 16.5. The Balaban J connectivity index is 1.66. The lowest BCUT2D eigenvalue weighted by molar-refractivity contribution is -0.0497. The first-order valence-corrected chi connectivity index (χ1v) is 8.09. The molecule has 5 nitrogen and oxygen atoms in total. The number of nitrogens with zero attached hydrogens (tertiary/aromatic N) is 1. The number of anilines is 1. The first-order valence-electron chi connectivity index (χ1n) is 8.09. The molecule has 1 N–H and O–H groups in total. The predicted octanol–water partition coefficient (Wildman–Crippen LogP) is 4.26. The fourth-order valence-corrected chi connectivity index (χ4v) is 2.75. The Hall–Kier alpha value is -2.70. The van der Waals surface area contributed by atoms with Crippen molar-refractivity contribution in [2.75, 3.05) is 5.32 Å². The topological polar surface area (TPSA) is 60.5 Å². The van der Waals surface area contributed by atoms with E-state index in [-0.39, 0.29) is 17.8 Å². The highest BCUT2D eigenvalue weighted by molar-refractivity contribution is 6.04. The van der Waals surface area contributed by atoms with Crippen molar-refractivity contribution in [3.05, 3.63) is 48.2 Å². The fraction of sp³-hybridized carbons (Fsp3) is 0.333. The quantitative estimate of drug-likeness (QED) is 0.847. The van der Waals surface area contributed by atoms with E-state index in [1.54, 1.807) is 18.2 Å². The van der Waals surface area contributed by atoms with Gasteiger partial charge in [0.1, 0.15) is 11.9 Å². The molecule has 1 aliphatic carbocycles. The second-order valence-corrected chi connectivity index (χ2v) is 5.77. The molecule has 1 saturated carbocycles. The average molecular weight is 348 g/mol. The molecule has 2 aromatic rings. The number of alkyl halides is 2. The number of carbonyl (C=O) groups is 1. The van der Waals surface area contributed by atoms with Gasteiger partial charge in [0.15, 0.2) is 0 Å². The van der Waals surface area contributed by atoms with Crippen LogP contribution in [0.15, 0.2) is 42.6 Å². The fourth-order valence-electron chi connectivity index (χ4n) is 2.75. The smallest absolute Gasteiger partial charge is 0.387 e. The number of rotatable bonds is 6. The van der Waals surface area contributed by atoms with E-state index in [2.05, 4.69) is 15.0 Å². The zero-order valence-corrected chi connectivity index (χ0v) is 13.5. The maximum atomic E-state index is 12.4. The van der Waals surface area contributed by atoms with Crippen molar-refractivity contribution in [3.8, 4) is 11.6 Å². The van der Waals surface area contributed by atoms with E-state index in [4.69, 9.17) is 4.74 Å². The Morgan fingerprint density at radius 2 is 2.00 bits per heavy atom. The van der Waals surface area contributed by atoms with E-state index < -0.39 is 6.61 Å². The maximum absolute atomic E-state index is 12.4. The molecule has 0 aliphatic heterocycles. The summed E-state index contributed by atoms with van der Waals surface area (Å²) in [6.07, 6.45) is 5.93. The number of carbonyl (C=O) groups excluding carboxylic acids is 1. The number of hydrogen-bond acceptors (Lipinski definition) is 4. The molecular formula is C18H18F2N2O3. The number of halogens is 2. The minimum absolute atomic E-state index is 0.0206. The van der Waals surface area contributed by atoms with Gasteiger partial charge in [-0.3, -0.25) is 4.79 Å². The zero-order valence-electron chi connectivity index (χ0n) is 13.5. The lowest BCUT2D eigenvalue weighted by atomic mass is 10.2. The third-order valence-electron chi connectivity index (χ3n) is 3.90. The van der Waals surface area contributed by atoms with Crippen LogP contribution < -0.4 is 14.8 Å². The van der Waals surface area contributed by atoms with Crippen molar-refractivity contribution >= 4 is 11.6 Å². The lowest BCUT2D eigenvalue weighted by Gasteiger charge is -2.13. The third kappa shape index (κ3) is 4.89. The Labute approximate surface area is 144 Å². The molecule has 1 fully saturated rings. The van der Waals surface area contributed by atoms with Crippen LogP contribution in [0.4, 0.5) is 14.5 Å². The number of hydrogen-bond donors (Lipinski definition) is 1. The van der Waals surface area contributed by atoms with Crippen LogP contribution in [0.5, 0.6) is 11.6 Å². The number of amides is 1. The molecule has 0 saturated heterocycles. The third-order valence-corrected chi connectivity index (χ3v) is 3.90. The van der Waals surface area contributed by atoms with Gasteiger partial charge in [-0.2, -0.15) is 8.78 Å². The van der Waals surface area contributed by atoms with E-state index in [1.807, 2.05) is 0 Å². The summed E-state index contributed by atoms with van der Waals surface area (Å²) in [5.74, 6) is 0.00925. The normalized spacial score (nSPS) is 14.5. The summed E-state index contributed by atoms with van der Waals surface area (Å²) in [7, 11) is 0. The average Bonchev–Trinajstić information content (AvgIpc) is 3.08. The Morgan fingerprint density at radius 3 is 2.76 bits per heavy atom. The summed E-state index contributed by atoms with van der Waals surface area (Å²) in [6.45, 7) is -2.92. The van der Waals surface area contributed by atoms with E-state index in [0.717, 1.165) is 25.7 Å². The zero-order chi connectivity index (χ0) is 17.6. The van der Waals surface area contributed by atoms with Crippen LogP contribution in [0.25, 0.3) is 0 Å². The number of pyridine rings is 1. The van der Waals surface area contributed by atoms with Gasteiger partial charge in [-0.1, -0.05) is 6.07 Å². The molecule has 1 aromatic carbocycles. The number of ether oxygens (including phenoxy) is 2. The summed E-state index contributed by atoms with van der Waals surface area (Å²) in [5, 5.41) is 2.65. The maximum Gasteiger partial charge on any atom is 0.387 e. The van der Waals surface area contributed by atoms with Gasteiger partial charge >= 0.3 is 6.61 Å². The standard InChI is InChI=1S/C18H18F2N2O3/c19-18(20)25-15-7-3-4-13(11-15)22-17(23)12-8-9-21-16(10-12)24-14-5-1-2-6-14/h3-4,7-11,14,18H,1-2,5-6H2,(H,22,23). The Bertz CT molecular complexity index is 734. The van der Waals surface area contributed by atoms with Crippen LogP contribution in [0, 0.1) is 0 Å². The molecule has 0 bridgehead atoms. The molecule has 1 heterocycles. The summed E-state index contributed by atoms with van der Waals surface area (Å²) < 4.78 is 34.6. The van der Waals surface area contributed by atoms with E-state index in [0.29, 0.717) is 17.1 Å². The molecule has 25 heavy (non-hydrogen) atoms. The van der Waals surface area contributed by atoms with Crippen molar-refractivity contribution in [1.82, 2.24) is 4.98 Å². The minimum Gasteiger partial charge on any atom is -0.474 e. The van der Waals surface area contributed by atoms with E-state index >= 15 is 0 Å². The van der Waals surface area contributed by atoms with Crippen molar-refractivity contribution < 1.29 is 23.0 Å². The monoisotopic (exact) mass is 348 g/mol. The molecule has 7 heteroatoms. The molecule has 0 spiro atoms. The first-order chi connectivity index (χ1) is 12.1. The van der Waals surface area contributed by atoms with Crippen molar-refractivity contribution in [3.63, 3.8) is 0 Å². The molecule has 0 atom stereocenters. The Kier molecular flexibility index (Phi) is 5.42. The van der Waals surface area contributed by atoms with E-state index in [9.17, 15) is 13.6 Å². The number of aromatic nitrogens is 1. The SMILES string of the molecule is O=C(Nc1cccc(OC(F)F)c1)c1ccnc(OC2CCCC2)c1. The molecule has 3 rings (SSSR count). The molecule has 0 unspecified atom stereocenters. The van der Waals surface area contributed by atoms with Crippen LogP contribution in [-0.2, 0) is 0 Å². The first kappa shape index (κ1) is 17.1. The van der Waals surface area contributed by atoms with Crippen LogP contribution in [0.1, 0.15) is 36.0 Å². The summed E-state index contributed by atoms with van der Waals surface area (Å²) in [6, 6.07) is 8.98. The minimum atomic E-state index is -2.92. The lowest BCUT2D eigenvalue weighted by Crippen LogP contribution is -2.15. The molecule has 132 valence electrons. The van der Waals surface area contributed by atoms with Gasteiger partial charge < -0.3 is 14.8 Å². The second-order valence-electron chi connectivity index (χ2n) is 5.77. The van der Waals surface area contributed by atoms with Gasteiger partial charge in [-0.05, 0) is 43.9 Å². The van der Waals surface area contributed by atoms with Gasteiger partial charge in [0.2, 0.25) is 5.88 Å². The van der Waals surface area contributed by atoms with Crippen LogP contribution in [0.3, 0.4) is 0 Å². The van der Waals surface area contributed by atoms with Crippen LogP contribution in [0.2, 0.25) is 0 Å². The van der Waals surface area contributed by atoms with Gasteiger partial charge in [0.05, 0.1) is 0 Å². The number of nitrogens with one attached hydrogen (secondary N) is 1. The summed E-state index contributed by atoms with van der Waals surface area (Å²) >= 11 is 0. The van der Waals surface area contributed by atoms with Crippen LogP contribution >= 0.6 is 0 Å². The molecule has 1 aliphatic rings. The van der Waals surface area contributed by atoms with Crippen molar-refractivity contribution in [2.45, 2.75) is 38.4 Å². The molecular weight excluding hydrogens is 330 g/mol. The highest BCUT2D eigenvalue weighted by Crippen LogP contribution is 2.24. The molecule has 1 aromatic heterocycles. The Morgan fingerprint density at radius 1 is 1.20 bits per heavy atom. The van der Waals surface area contributed by atoms with Crippen molar-refractivity contribution in [1.29, 1.82) is 0 Å².